The molecular formula is C42H20O2. The van der Waals surface area contributed by atoms with Gasteiger partial charge in [-0.2, -0.15) is 0 Å². The van der Waals surface area contributed by atoms with E-state index in [9.17, 15) is 10.2 Å². The SMILES string of the molecule is Oc1ccc2c3cc4c(cc3c3cccc1c32)c1ccc2c3cc5c(cc3c3ccc4c1c23)c1ccc(O)c2cccc5c21. The maximum atomic E-state index is 10.6. The molecule has 0 aliphatic rings. The monoisotopic (exact) mass is 556 g/mol. The van der Waals surface area contributed by atoms with Gasteiger partial charge in [0.1, 0.15) is 11.5 Å². The van der Waals surface area contributed by atoms with Gasteiger partial charge in [-0.3, -0.25) is 0 Å². The van der Waals surface area contributed by atoms with Crippen LogP contribution < -0.4 is 0 Å². The summed E-state index contributed by atoms with van der Waals surface area (Å²) in [5, 5.41) is 48.2. The van der Waals surface area contributed by atoms with Crippen LogP contribution in [-0.4, -0.2) is 10.2 Å². The van der Waals surface area contributed by atoms with Gasteiger partial charge in [0, 0.05) is 21.5 Å². The highest BCUT2D eigenvalue weighted by molar-refractivity contribution is 6.45. The van der Waals surface area contributed by atoms with Gasteiger partial charge in [-0.25, -0.2) is 0 Å². The normalized spacial score (nSPS) is 13.2. The topological polar surface area (TPSA) is 40.5 Å². The summed E-state index contributed by atoms with van der Waals surface area (Å²) < 4.78 is 0. The molecular weight excluding hydrogens is 536 g/mol. The molecule has 2 N–H and O–H groups in total. The van der Waals surface area contributed by atoms with Crippen molar-refractivity contribution >= 4 is 118 Å². The van der Waals surface area contributed by atoms with Crippen LogP contribution in [0.15, 0.2) is 109 Å². The third kappa shape index (κ3) is 2.21. The average molecular weight is 557 g/mol. The number of phenols is 2. The second-order valence-corrected chi connectivity index (χ2v) is 12.7. The highest BCUT2D eigenvalue weighted by Gasteiger charge is 2.23. The summed E-state index contributed by atoms with van der Waals surface area (Å²) >= 11 is 0. The van der Waals surface area contributed by atoms with Crippen LogP contribution in [0.3, 0.4) is 0 Å². The van der Waals surface area contributed by atoms with Crippen LogP contribution in [0.1, 0.15) is 0 Å². The Morgan fingerprint density at radius 3 is 0.818 bits per heavy atom. The Kier molecular flexibility index (Phi) is 3.39. The Bertz CT molecular complexity index is 2870. The van der Waals surface area contributed by atoms with Crippen LogP contribution in [0, 0.1) is 0 Å². The first kappa shape index (κ1) is 21.8. The van der Waals surface area contributed by atoms with E-state index in [1.54, 1.807) is 0 Å². The Morgan fingerprint density at radius 1 is 0.227 bits per heavy atom. The van der Waals surface area contributed by atoms with Gasteiger partial charge in [0.25, 0.3) is 0 Å². The molecule has 0 fully saturated rings. The number of hydrogen-bond acceptors (Lipinski definition) is 2. The molecule has 0 atom stereocenters. The molecule has 0 unspecified atom stereocenters. The fourth-order valence-electron chi connectivity index (χ4n) is 9.06. The Morgan fingerprint density at radius 2 is 0.477 bits per heavy atom. The molecule has 12 aromatic rings. The zero-order valence-corrected chi connectivity index (χ0v) is 23.3. The average Bonchev–Trinajstić information content (AvgIpc) is 3.75. The van der Waals surface area contributed by atoms with Gasteiger partial charge in [-0.05, 0) is 133 Å². The second-order valence-electron chi connectivity index (χ2n) is 12.7. The molecule has 12 rings (SSSR count). The molecule has 0 bridgehead atoms. The van der Waals surface area contributed by atoms with E-state index >= 15 is 0 Å². The van der Waals surface area contributed by atoms with Crippen molar-refractivity contribution in [2.24, 2.45) is 0 Å². The van der Waals surface area contributed by atoms with E-state index in [-0.39, 0.29) is 0 Å². The molecule has 0 saturated carbocycles. The number of aromatic hydroxyl groups is 2. The van der Waals surface area contributed by atoms with Crippen molar-refractivity contribution in [2.75, 3.05) is 0 Å². The first-order valence-electron chi connectivity index (χ1n) is 15.1. The summed E-state index contributed by atoms with van der Waals surface area (Å²) in [6.07, 6.45) is 0. The minimum Gasteiger partial charge on any atom is -0.507 e. The number of phenolic OH excluding ortho intramolecular Hbond substituents is 2. The molecule has 0 spiro atoms. The lowest BCUT2D eigenvalue weighted by Gasteiger charge is -2.01. The Labute approximate surface area is 248 Å². The molecule has 0 radical (unpaired) electrons. The van der Waals surface area contributed by atoms with Gasteiger partial charge in [0.15, 0.2) is 0 Å². The van der Waals surface area contributed by atoms with E-state index < -0.39 is 0 Å². The minimum atomic E-state index is 0.336. The Balaban J connectivity index is 1.25. The molecule has 0 aliphatic heterocycles. The van der Waals surface area contributed by atoms with E-state index in [0.717, 1.165) is 21.5 Å². The molecule has 0 heterocycles. The molecule has 12 aromatic carbocycles. The van der Waals surface area contributed by atoms with Crippen LogP contribution >= 0.6 is 0 Å². The molecule has 0 aromatic heterocycles. The summed E-state index contributed by atoms with van der Waals surface area (Å²) in [5.74, 6) is 0.673. The van der Waals surface area contributed by atoms with Crippen molar-refractivity contribution in [1.82, 2.24) is 0 Å². The van der Waals surface area contributed by atoms with E-state index in [1.807, 2.05) is 24.3 Å². The highest BCUT2D eigenvalue weighted by Crippen LogP contribution is 2.51. The predicted molar refractivity (Wildman–Crippen MR) is 187 cm³/mol. The van der Waals surface area contributed by atoms with Gasteiger partial charge >= 0.3 is 0 Å². The maximum Gasteiger partial charge on any atom is 0.123 e. The third-order valence-corrected chi connectivity index (χ3v) is 10.8. The lowest BCUT2D eigenvalue weighted by molar-refractivity contribution is 0.481. The zero-order chi connectivity index (χ0) is 28.6. The van der Waals surface area contributed by atoms with Crippen molar-refractivity contribution in [2.45, 2.75) is 0 Å². The molecule has 2 heteroatoms. The number of hydrogen-bond donors (Lipinski definition) is 2. The molecule has 0 aliphatic carbocycles. The van der Waals surface area contributed by atoms with E-state index in [0.29, 0.717) is 11.5 Å². The quantitative estimate of drug-likeness (QED) is 0.195. The lowest BCUT2D eigenvalue weighted by Crippen LogP contribution is -1.73. The number of benzene rings is 8. The molecule has 200 valence electrons. The minimum absolute atomic E-state index is 0.336. The van der Waals surface area contributed by atoms with Crippen molar-refractivity contribution in [3.8, 4) is 11.5 Å². The maximum absolute atomic E-state index is 10.6. The second kappa shape index (κ2) is 6.85. The largest absolute Gasteiger partial charge is 0.507 e. The van der Waals surface area contributed by atoms with Gasteiger partial charge in [-0.15, -0.1) is 0 Å². The highest BCUT2D eigenvalue weighted by atomic mass is 16.3. The standard InChI is InChI=1S/C42H20O2/c43-37-13-11-21-31-17-35-25-9-10-26-36-18-32-22-12-14-38(44)28-6-2-4-20(40(22)28)30(32)16-34(36)24-8-7-23(41(25)42(24)26)33(35)15-29(31)19-3-1-5-27(37)39(19)21/h1-18,43-44H. The number of fused-ring (bicyclic) bond motifs is 12. The van der Waals surface area contributed by atoms with Gasteiger partial charge in [-0.1, -0.05) is 72.8 Å². The summed E-state index contributed by atoms with van der Waals surface area (Å²) in [5.41, 5.74) is 0. The van der Waals surface area contributed by atoms with Crippen LogP contribution in [0.4, 0.5) is 0 Å². The Hall–Kier alpha value is -5.86. The van der Waals surface area contributed by atoms with Gasteiger partial charge in [0.2, 0.25) is 0 Å². The van der Waals surface area contributed by atoms with Gasteiger partial charge in [0.05, 0.1) is 0 Å². The predicted octanol–water partition coefficient (Wildman–Crippen LogP) is 11.5. The fourth-order valence-corrected chi connectivity index (χ4v) is 9.06. The molecule has 44 heavy (non-hydrogen) atoms. The summed E-state index contributed by atoms with van der Waals surface area (Å²) in [7, 11) is 0. The van der Waals surface area contributed by atoms with E-state index in [4.69, 9.17) is 0 Å². The number of rotatable bonds is 0. The van der Waals surface area contributed by atoms with Crippen LogP contribution in [0.5, 0.6) is 11.5 Å². The third-order valence-electron chi connectivity index (χ3n) is 10.8. The summed E-state index contributed by atoms with van der Waals surface area (Å²) in [4.78, 5) is 0. The van der Waals surface area contributed by atoms with Crippen molar-refractivity contribution < 1.29 is 10.2 Å². The van der Waals surface area contributed by atoms with Crippen LogP contribution in [-0.2, 0) is 0 Å². The van der Waals surface area contributed by atoms with Crippen LogP contribution in [0.2, 0.25) is 0 Å². The van der Waals surface area contributed by atoms with Crippen molar-refractivity contribution in [1.29, 1.82) is 0 Å². The first-order chi connectivity index (χ1) is 21.7. The van der Waals surface area contributed by atoms with Gasteiger partial charge < -0.3 is 10.2 Å². The fraction of sp³-hybridized carbons (Fsp3) is 0. The summed E-state index contributed by atoms with van der Waals surface area (Å²) in [6, 6.07) is 39.2. The van der Waals surface area contributed by atoms with Crippen molar-refractivity contribution in [3.63, 3.8) is 0 Å². The molecule has 0 amide bonds. The van der Waals surface area contributed by atoms with E-state index in [1.165, 1.54) is 97.0 Å². The molecule has 2 nitrogen and oxygen atoms in total. The van der Waals surface area contributed by atoms with E-state index in [2.05, 4.69) is 84.9 Å². The first-order valence-corrected chi connectivity index (χ1v) is 15.1. The summed E-state index contributed by atoms with van der Waals surface area (Å²) in [6.45, 7) is 0. The van der Waals surface area contributed by atoms with Crippen LogP contribution in [0.25, 0.3) is 118 Å². The molecule has 0 saturated heterocycles. The lowest BCUT2D eigenvalue weighted by atomic mass is 10.0. The van der Waals surface area contributed by atoms with Crippen molar-refractivity contribution in [3.05, 3.63) is 109 Å². The zero-order valence-electron chi connectivity index (χ0n) is 23.3. The smallest absolute Gasteiger partial charge is 0.123 e.